The first-order chi connectivity index (χ1) is 16.0. The summed E-state index contributed by atoms with van der Waals surface area (Å²) in [6, 6.07) is 15.9. The first-order valence-electron chi connectivity index (χ1n) is 10.5. The first-order valence-corrected chi connectivity index (χ1v) is 10.5. The van der Waals surface area contributed by atoms with E-state index in [0.717, 1.165) is 11.1 Å². The van der Waals surface area contributed by atoms with E-state index in [0.29, 0.717) is 11.3 Å². The summed E-state index contributed by atoms with van der Waals surface area (Å²) in [6.45, 7) is 2.15. The summed E-state index contributed by atoms with van der Waals surface area (Å²) in [4.78, 5) is 4.27. The zero-order valence-electron chi connectivity index (χ0n) is 18.2. The molecule has 0 radical (unpaired) electrons. The number of rotatable bonds is 8. The molecule has 10 heteroatoms. The molecule has 2 aromatic carbocycles. The van der Waals surface area contributed by atoms with Gasteiger partial charge in [-0.2, -0.15) is 4.99 Å². The number of aliphatic imine (C=N–C) groups is 1. The lowest BCUT2D eigenvalue weighted by atomic mass is 9.95. The minimum Gasteiger partial charge on any atom is -0.395 e. The summed E-state index contributed by atoms with van der Waals surface area (Å²) in [6.07, 6.45) is 0. The largest absolute Gasteiger partial charge is 0.395 e. The van der Waals surface area contributed by atoms with Crippen molar-refractivity contribution in [2.45, 2.75) is 12.8 Å². The van der Waals surface area contributed by atoms with Crippen LogP contribution in [0.4, 0.5) is 10.3 Å². The van der Waals surface area contributed by atoms with Gasteiger partial charge in [0, 0.05) is 30.6 Å². The Hall–Kier alpha value is -3.76. The summed E-state index contributed by atoms with van der Waals surface area (Å²) < 4.78 is 19.4. The van der Waals surface area contributed by atoms with Crippen LogP contribution in [0.1, 0.15) is 24.1 Å². The predicted molar refractivity (Wildman–Crippen MR) is 124 cm³/mol. The summed E-state index contributed by atoms with van der Waals surface area (Å²) in [5.41, 5.74) is 2.97. The lowest BCUT2D eigenvalue weighted by molar-refractivity contribution is 0.299. The fourth-order valence-corrected chi connectivity index (χ4v) is 3.09. The van der Waals surface area contributed by atoms with Gasteiger partial charge in [-0.15, -0.1) is 0 Å². The normalized spacial score (nSPS) is 12.3. The van der Waals surface area contributed by atoms with E-state index in [1.165, 1.54) is 6.07 Å². The Morgan fingerprint density at radius 1 is 1.09 bits per heavy atom. The number of nitrogens with zero attached hydrogens (tertiary/aromatic N) is 2. The van der Waals surface area contributed by atoms with Gasteiger partial charge in [0.15, 0.2) is 5.96 Å². The van der Waals surface area contributed by atoms with E-state index < -0.39 is 0 Å². The molecule has 0 aliphatic carbocycles. The zero-order chi connectivity index (χ0) is 23.6. The minimum absolute atomic E-state index is 0.0729. The van der Waals surface area contributed by atoms with E-state index in [4.69, 9.17) is 20.1 Å². The van der Waals surface area contributed by atoms with E-state index in [1.807, 2.05) is 31.2 Å². The van der Waals surface area contributed by atoms with Crippen molar-refractivity contribution >= 4 is 17.8 Å². The van der Waals surface area contributed by atoms with Gasteiger partial charge in [0.25, 0.3) is 5.88 Å². The lowest BCUT2D eigenvalue weighted by Crippen LogP contribution is -2.47. The van der Waals surface area contributed by atoms with Gasteiger partial charge in [-0.3, -0.25) is 10.7 Å². The highest BCUT2D eigenvalue weighted by Gasteiger charge is 2.15. The molecule has 33 heavy (non-hydrogen) atoms. The molecule has 0 saturated heterocycles. The predicted octanol–water partition coefficient (Wildman–Crippen LogP) is 2.31. The molecule has 6 N–H and O–H groups in total. The molecule has 0 spiro atoms. The van der Waals surface area contributed by atoms with Crippen LogP contribution in [0.15, 0.2) is 64.1 Å². The van der Waals surface area contributed by atoms with Gasteiger partial charge in [-0.05, 0) is 17.2 Å². The second-order valence-corrected chi connectivity index (χ2v) is 7.17. The van der Waals surface area contributed by atoms with E-state index in [1.54, 1.807) is 24.3 Å². The van der Waals surface area contributed by atoms with Crippen molar-refractivity contribution in [2.24, 2.45) is 4.99 Å². The molecule has 3 aromatic rings. The summed E-state index contributed by atoms with van der Waals surface area (Å²) in [5, 5.41) is 38.0. The third-order valence-electron chi connectivity index (χ3n) is 4.84. The topological polar surface area (TPSA) is 139 Å². The number of nitrogens with one attached hydrogen (secondary N) is 4. The van der Waals surface area contributed by atoms with Crippen LogP contribution in [0.2, 0.25) is 0 Å². The van der Waals surface area contributed by atoms with Crippen LogP contribution in [-0.2, 0) is 0 Å². The van der Waals surface area contributed by atoms with Crippen molar-refractivity contribution < 1.29 is 19.1 Å². The van der Waals surface area contributed by atoms with E-state index in [9.17, 15) is 4.39 Å². The maximum Gasteiger partial charge on any atom is 0.253 e. The second-order valence-electron chi connectivity index (χ2n) is 7.17. The number of aliphatic hydroxyl groups is 2. The number of aliphatic hydroxyl groups excluding tert-OH is 2. The van der Waals surface area contributed by atoms with Crippen molar-refractivity contribution in [1.29, 1.82) is 5.41 Å². The minimum atomic E-state index is -0.267. The van der Waals surface area contributed by atoms with Crippen LogP contribution in [0.3, 0.4) is 0 Å². The van der Waals surface area contributed by atoms with Gasteiger partial charge < -0.3 is 25.4 Å². The Labute approximate surface area is 190 Å². The average molecular weight is 455 g/mol. The molecular formula is C23H27FN6O3. The van der Waals surface area contributed by atoms with Crippen molar-refractivity contribution in [3.8, 4) is 11.1 Å². The summed E-state index contributed by atoms with van der Waals surface area (Å²) in [7, 11) is 0. The first kappa shape index (κ1) is 23.9. The maximum atomic E-state index is 14.0. The van der Waals surface area contributed by atoms with Crippen LogP contribution >= 0.6 is 0 Å². The molecule has 1 aromatic heterocycles. The van der Waals surface area contributed by atoms with Gasteiger partial charge in [0.05, 0.1) is 18.9 Å². The number of benzene rings is 2. The van der Waals surface area contributed by atoms with Gasteiger partial charge in [-0.25, -0.2) is 4.39 Å². The Bertz CT molecular complexity index is 1080. The van der Waals surface area contributed by atoms with Gasteiger partial charge in [-0.1, -0.05) is 54.5 Å². The van der Waals surface area contributed by atoms with Crippen LogP contribution in [0.5, 0.6) is 0 Å². The van der Waals surface area contributed by atoms with Crippen LogP contribution in [-0.4, -0.2) is 53.6 Å². The number of halogens is 1. The van der Waals surface area contributed by atoms with Crippen molar-refractivity contribution in [1.82, 2.24) is 21.1 Å². The van der Waals surface area contributed by atoms with Gasteiger partial charge in [0.2, 0.25) is 5.96 Å². The van der Waals surface area contributed by atoms with E-state index in [2.05, 4.69) is 26.1 Å². The molecule has 0 amide bonds. The van der Waals surface area contributed by atoms with Crippen molar-refractivity contribution in [2.75, 3.05) is 26.3 Å². The fourth-order valence-electron chi connectivity index (χ4n) is 3.09. The summed E-state index contributed by atoms with van der Waals surface area (Å²) >= 11 is 0. The molecule has 0 bridgehead atoms. The van der Waals surface area contributed by atoms with E-state index in [-0.39, 0.29) is 55.8 Å². The molecule has 1 atom stereocenters. The molecular weight excluding hydrogens is 427 g/mol. The number of aromatic nitrogens is 1. The average Bonchev–Trinajstić information content (AvgIpc) is 3.29. The van der Waals surface area contributed by atoms with Crippen LogP contribution < -0.4 is 16.0 Å². The van der Waals surface area contributed by atoms with Gasteiger partial charge >= 0.3 is 0 Å². The third-order valence-corrected chi connectivity index (χ3v) is 4.84. The smallest absolute Gasteiger partial charge is 0.253 e. The lowest BCUT2D eigenvalue weighted by Gasteiger charge is -2.12. The van der Waals surface area contributed by atoms with Crippen molar-refractivity contribution in [3.05, 3.63) is 71.7 Å². The Morgan fingerprint density at radius 3 is 2.48 bits per heavy atom. The molecule has 0 aliphatic rings. The van der Waals surface area contributed by atoms with E-state index >= 15 is 0 Å². The standard InChI is InChI=1S/C23H27FN6O3/c1-15(16-6-8-17(9-7-16)18-4-2-3-5-19(18)24)20-14-21(33-30-20)28-23(27-11-13-32)29-22(25)26-10-12-31/h2-9,14-15,31-32H,10-13H2,1H3,(H4,25,26,27,28,29). The fraction of sp³-hybridized carbons (Fsp3) is 0.261. The highest BCUT2D eigenvalue weighted by atomic mass is 19.1. The van der Waals surface area contributed by atoms with Crippen LogP contribution in [0, 0.1) is 11.2 Å². The highest BCUT2D eigenvalue weighted by molar-refractivity contribution is 5.98. The zero-order valence-corrected chi connectivity index (χ0v) is 18.2. The molecule has 3 rings (SSSR count). The molecule has 174 valence electrons. The third kappa shape index (κ3) is 6.61. The number of guanidine groups is 2. The summed E-state index contributed by atoms with van der Waals surface area (Å²) in [5.74, 6) is -0.0436. The molecule has 0 saturated carbocycles. The number of hydrogen-bond acceptors (Lipinski definition) is 6. The number of hydrogen-bond donors (Lipinski definition) is 6. The molecule has 9 nitrogen and oxygen atoms in total. The van der Waals surface area contributed by atoms with Crippen molar-refractivity contribution in [3.63, 3.8) is 0 Å². The second kappa shape index (κ2) is 11.7. The molecule has 0 fully saturated rings. The van der Waals surface area contributed by atoms with Crippen LogP contribution in [0.25, 0.3) is 11.1 Å². The molecule has 1 unspecified atom stereocenters. The maximum absolute atomic E-state index is 14.0. The monoisotopic (exact) mass is 454 g/mol. The SMILES string of the molecule is CC(c1ccc(-c2ccccc2F)cc1)c1cc(/N=C(\NCCO)NC(=N)NCCO)on1. The Morgan fingerprint density at radius 2 is 1.79 bits per heavy atom. The highest BCUT2D eigenvalue weighted by Crippen LogP contribution is 2.29. The Kier molecular flexibility index (Phi) is 8.50. The molecule has 0 aliphatic heterocycles. The van der Waals surface area contributed by atoms with Gasteiger partial charge in [0.1, 0.15) is 5.82 Å². The Balaban J connectivity index is 1.73. The molecule has 1 heterocycles. The quantitative estimate of drug-likeness (QED) is 0.227.